The summed E-state index contributed by atoms with van der Waals surface area (Å²) in [6.45, 7) is 3.72. The van der Waals surface area contributed by atoms with Crippen LogP contribution in [0.4, 0.5) is 23.7 Å². The zero-order valence-corrected chi connectivity index (χ0v) is 11.2. The lowest BCUT2D eigenvalue weighted by Crippen LogP contribution is -2.33. The number of carbonyl (C=O) groups is 1. The summed E-state index contributed by atoms with van der Waals surface area (Å²) in [6.07, 6.45) is 0.0123. The van der Waals surface area contributed by atoms with E-state index >= 15 is 0 Å². The molecule has 0 aliphatic rings. The van der Waals surface area contributed by atoms with Crippen LogP contribution in [-0.2, 0) is 0 Å². The second-order valence-corrected chi connectivity index (χ2v) is 4.77. The van der Waals surface area contributed by atoms with Gasteiger partial charge in [-0.15, -0.1) is 0 Å². The third-order valence-electron chi connectivity index (χ3n) is 2.61. The summed E-state index contributed by atoms with van der Waals surface area (Å²) in [7, 11) is 0. The molecule has 1 aromatic rings. The average molecular weight is 290 g/mol. The van der Waals surface area contributed by atoms with E-state index in [4.69, 9.17) is 5.11 Å². The molecule has 0 aliphatic carbocycles. The van der Waals surface area contributed by atoms with E-state index in [0.29, 0.717) is 18.6 Å². The van der Waals surface area contributed by atoms with Gasteiger partial charge < -0.3 is 15.7 Å². The molecule has 0 aliphatic heterocycles. The van der Waals surface area contributed by atoms with Crippen LogP contribution in [0.5, 0.6) is 0 Å². The first-order valence-electron chi connectivity index (χ1n) is 6.17. The van der Waals surface area contributed by atoms with Crippen molar-refractivity contribution in [3.63, 3.8) is 0 Å². The summed E-state index contributed by atoms with van der Waals surface area (Å²) in [5.41, 5.74) is -0.440. The van der Waals surface area contributed by atoms with Crippen molar-refractivity contribution in [1.29, 1.82) is 0 Å². The molecule has 20 heavy (non-hydrogen) atoms. The Morgan fingerprint density at radius 1 is 1.20 bits per heavy atom. The van der Waals surface area contributed by atoms with Crippen molar-refractivity contribution in [1.82, 2.24) is 5.32 Å². The maximum absolute atomic E-state index is 13.3. The Hall–Kier alpha value is -1.76. The van der Waals surface area contributed by atoms with Gasteiger partial charge in [-0.1, -0.05) is 6.92 Å². The van der Waals surface area contributed by atoms with E-state index in [2.05, 4.69) is 10.6 Å². The number of aliphatic hydroxyl groups is 1. The second-order valence-electron chi connectivity index (χ2n) is 4.77. The van der Waals surface area contributed by atoms with Crippen LogP contribution in [0.3, 0.4) is 0 Å². The van der Waals surface area contributed by atoms with E-state index in [0.717, 1.165) is 0 Å². The van der Waals surface area contributed by atoms with Gasteiger partial charge in [0.25, 0.3) is 0 Å². The number of aliphatic hydroxyl groups excluding tert-OH is 1. The zero-order chi connectivity index (χ0) is 15.3. The molecule has 0 heterocycles. The number of nitrogens with one attached hydrogen (secondary N) is 2. The molecule has 4 nitrogen and oxygen atoms in total. The molecule has 1 aromatic carbocycles. The Morgan fingerprint density at radius 3 is 2.40 bits per heavy atom. The third-order valence-corrected chi connectivity index (χ3v) is 2.61. The number of rotatable bonds is 5. The summed E-state index contributed by atoms with van der Waals surface area (Å²) < 4.78 is 38.9. The number of hydrogen-bond acceptors (Lipinski definition) is 2. The second kappa shape index (κ2) is 7.14. The minimum atomic E-state index is -1.32. The Balaban J connectivity index is 2.53. The molecule has 0 saturated heterocycles. The van der Waals surface area contributed by atoms with Gasteiger partial charge in [-0.2, -0.15) is 0 Å². The number of benzene rings is 1. The predicted octanol–water partition coefficient (Wildman–Crippen LogP) is 2.63. The maximum atomic E-state index is 13.3. The van der Waals surface area contributed by atoms with Crippen LogP contribution < -0.4 is 10.6 Å². The molecule has 0 radical (unpaired) electrons. The molecule has 0 saturated carbocycles. The summed E-state index contributed by atoms with van der Waals surface area (Å²) in [5, 5.41) is 13.7. The van der Waals surface area contributed by atoms with Gasteiger partial charge >= 0.3 is 6.03 Å². The van der Waals surface area contributed by atoms with Crippen LogP contribution in [-0.4, -0.2) is 23.8 Å². The highest BCUT2D eigenvalue weighted by Crippen LogP contribution is 2.18. The summed E-state index contributed by atoms with van der Waals surface area (Å²) in [4.78, 5) is 11.5. The molecule has 3 N–H and O–H groups in total. The third kappa shape index (κ3) is 5.08. The van der Waals surface area contributed by atoms with Gasteiger partial charge in [0.2, 0.25) is 0 Å². The van der Waals surface area contributed by atoms with E-state index in [9.17, 15) is 18.0 Å². The fraction of sp³-hybridized carbons (Fsp3) is 0.462. The first-order chi connectivity index (χ1) is 9.29. The lowest BCUT2D eigenvalue weighted by molar-refractivity contribution is 0.163. The van der Waals surface area contributed by atoms with Gasteiger partial charge in [0.05, 0.1) is 11.8 Å². The minimum absolute atomic E-state index is 0.0237. The normalized spacial score (nSPS) is 13.7. The van der Waals surface area contributed by atoms with Crippen LogP contribution in [0.1, 0.15) is 20.3 Å². The van der Waals surface area contributed by atoms with Crippen molar-refractivity contribution < 1.29 is 23.1 Å². The van der Waals surface area contributed by atoms with Crippen molar-refractivity contribution in [2.45, 2.75) is 26.4 Å². The molecule has 2 unspecified atom stereocenters. The van der Waals surface area contributed by atoms with E-state index in [1.807, 2.05) is 6.92 Å². The van der Waals surface area contributed by atoms with Gasteiger partial charge in [0.15, 0.2) is 11.6 Å². The van der Waals surface area contributed by atoms with Gasteiger partial charge in [0, 0.05) is 18.7 Å². The van der Waals surface area contributed by atoms with Crippen molar-refractivity contribution in [3.05, 3.63) is 29.6 Å². The SMILES string of the molecule is CC(O)CC(C)CNC(=O)Nc1cc(F)c(F)cc1F. The van der Waals surface area contributed by atoms with Crippen molar-refractivity contribution in [2.75, 3.05) is 11.9 Å². The molecular formula is C13H17F3N2O2. The van der Waals surface area contributed by atoms with Crippen LogP contribution in [0.2, 0.25) is 0 Å². The summed E-state index contributed by atoms with van der Waals surface area (Å²) >= 11 is 0. The molecule has 112 valence electrons. The van der Waals surface area contributed by atoms with E-state index in [1.54, 1.807) is 6.92 Å². The molecule has 0 fully saturated rings. The monoisotopic (exact) mass is 290 g/mol. The quantitative estimate of drug-likeness (QED) is 0.730. The fourth-order valence-corrected chi connectivity index (χ4v) is 1.72. The Kier molecular flexibility index (Phi) is 5.82. The van der Waals surface area contributed by atoms with Crippen LogP contribution in [0.15, 0.2) is 12.1 Å². The Morgan fingerprint density at radius 2 is 1.80 bits per heavy atom. The molecule has 0 bridgehead atoms. The summed E-state index contributed by atoms with van der Waals surface area (Å²) in [6, 6.07) is 0.206. The van der Waals surface area contributed by atoms with Crippen molar-refractivity contribution in [3.8, 4) is 0 Å². The highest BCUT2D eigenvalue weighted by Gasteiger charge is 2.13. The fourth-order valence-electron chi connectivity index (χ4n) is 1.72. The number of hydrogen-bond donors (Lipinski definition) is 3. The molecule has 0 aromatic heterocycles. The van der Waals surface area contributed by atoms with Gasteiger partial charge in [-0.25, -0.2) is 18.0 Å². The van der Waals surface area contributed by atoms with E-state index in [1.165, 1.54) is 0 Å². The topological polar surface area (TPSA) is 61.4 Å². The summed E-state index contributed by atoms with van der Waals surface area (Å²) in [5.74, 6) is -3.60. The number of halogens is 3. The average Bonchev–Trinajstić information content (AvgIpc) is 2.32. The highest BCUT2D eigenvalue weighted by atomic mass is 19.2. The Bertz CT molecular complexity index is 481. The lowest BCUT2D eigenvalue weighted by atomic mass is 10.1. The van der Waals surface area contributed by atoms with Crippen molar-refractivity contribution in [2.24, 2.45) is 5.92 Å². The molecular weight excluding hydrogens is 273 g/mol. The van der Waals surface area contributed by atoms with Crippen LogP contribution >= 0.6 is 0 Å². The minimum Gasteiger partial charge on any atom is -0.393 e. The van der Waals surface area contributed by atoms with Crippen molar-refractivity contribution >= 4 is 11.7 Å². The van der Waals surface area contributed by atoms with Gasteiger partial charge in [-0.3, -0.25) is 0 Å². The first-order valence-corrected chi connectivity index (χ1v) is 6.17. The molecule has 2 atom stereocenters. The van der Waals surface area contributed by atoms with E-state index in [-0.39, 0.29) is 12.5 Å². The van der Waals surface area contributed by atoms with Crippen LogP contribution in [0.25, 0.3) is 0 Å². The highest BCUT2D eigenvalue weighted by molar-refractivity contribution is 5.89. The molecule has 0 spiro atoms. The predicted molar refractivity (Wildman–Crippen MR) is 68.8 cm³/mol. The largest absolute Gasteiger partial charge is 0.393 e. The number of urea groups is 1. The number of amides is 2. The molecule has 7 heteroatoms. The smallest absolute Gasteiger partial charge is 0.319 e. The van der Waals surface area contributed by atoms with E-state index < -0.39 is 35.3 Å². The molecule has 1 rings (SSSR count). The number of anilines is 1. The first kappa shape index (κ1) is 16.3. The van der Waals surface area contributed by atoms with Gasteiger partial charge in [0.1, 0.15) is 5.82 Å². The van der Waals surface area contributed by atoms with Crippen LogP contribution in [0, 0.1) is 23.4 Å². The standard InChI is InChI=1S/C13H17F3N2O2/c1-7(3-8(2)19)6-17-13(20)18-12-5-10(15)9(14)4-11(12)16/h4-5,7-8,19H,3,6H2,1-2H3,(H2,17,18,20). The Labute approximate surface area is 115 Å². The maximum Gasteiger partial charge on any atom is 0.319 e. The lowest BCUT2D eigenvalue weighted by Gasteiger charge is -2.15. The van der Waals surface area contributed by atoms with Gasteiger partial charge in [-0.05, 0) is 19.3 Å². The number of carbonyl (C=O) groups excluding carboxylic acids is 1. The zero-order valence-electron chi connectivity index (χ0n) is 11.2. The molecule has 2 amide bonds.